The molecule has 3 radical (unpaired) electrons. The fraction of sp³-hybridized carbons (Fsp3) is 0.261. The van der Waals surface area contributed by atoms with Gasteiger partial charge in [0.1, 0.15) is 0 Å². The van der Waals surface area contributed by atoms with E-state index in [2.05, 4.69) is 52.4 Å². The molecule has 28 heavy (non-hydrogen) atoms. The van der Waals surface area contributed by atoms with E-state index in [0.29, 0.717) is 0 Å². The first kappa shape index (κ1) is 38.6. The summed E-state index contributed by atoms with van der Waals surface area (Å²) < 4.78 is 0. The number of rotatable bonds is 0. The average molecular weight is 547 g/mol. The summed E-state index contributed by atoms with van der Waals surface area (Å²) in [6.07, 6.45) is 0. The smallest absolute Gasteiger partial charge is 0 e. The Morgan fingerprint density at radius 2 is 0.607 bits per heavy atom. The monoisotopic (exact) mass is 546 g/mol. The van der Waals surface area contributed by atoms with Crippen molar-refractivity contribution in [3.63, 3.8) is 0 Å². The third-order valence-electron chi connectivity index (χ3n) is 1.67. The van der Waals surface area contributed by atoms with E-state index in [1.165, 1.54) is 0 Å². The Balaban J connectivity index is -0.0000000767. The molecule has 0 saturated heterocycles. The fourth-order valence-corrected chi connectivity index (χ4v) is 0.962. The molecule has 0 heterocycles. The zero-order valence-corrected chi connectivity index (χ0v) is 23.2. The third kappa shape index (κ3) is 72.2. The van der Waals surface area contributed by atoms with Crippen LogP contribution in [0.15, 0.2) is 91.0 Å². The van der Waals surface area contributed by atoms with E-state index in [1.807, 2.05) is 91.0 Å². The van der Waals surface area contributed by atoms with Gasteiger partial charge in [-0.15, -0.1) is 16.1 Å². The largest absolute Gasteiger partial charge is 0.748 e. The van der Waals surface area contributed by atoms with Crippen molar-refractivity contribution >= 4 is 16.1 Å². The second kappa shape index (κ2) is 25.0. The second-order valence-electron chi connectivity index (χ2n) is 8.01. The van der Waals surface area contributed by atoms with Crippen molar-refractivity contribution in [3.05, 3.63) is 104 Å². The molecule has 0 spiro atoms. The van der Waals surface area contributed by atoms with Gasteiger partial charge in [0.05, 0.1) is 0 Å². The Hall–Kier alpha value is 0.00325. The molecule has 3 aromatic rings. The SMILES string of the molecule is [CH2-][Si](C)(C)C.[CH2-][Si](C)(C)C.[Co].[Co].[Co].[cH-]1[cH-][cH-][cH-][cH-]1.c1cc[cH-]c1.c1cc[cH-]c1. The maximum Gasteiger partial charge on any atom is 0 e. The van der Waals surface area contributed by atoms with Gasteiger partial charge in [0.2, 0.25) is 0 Å². The van der Waals surface area contributed by atoms with E-state index < -0.39 is 16.1 Å². The molecular weight excluding hydrogens is 509 g/mol. The van der Waals surface area contributed by atoms with Gasteiger partial charge in [-0.25, -0.2) is 24.3 Å². The Morgan fingerprint density at radius 3 is 0.679 bits per heavy atom. The molecule has 173 valence electrons. The molecular formula is C23H37Co3Si2-9. The first-order chi connectivity index (χ1) is 11.5. The summed E-state index contributed by atoms with van der Waals surface area (Å²) in [6.45, 7) is 21.1. The van der Waals surface area contributed by atoms with E-state index in [0.717, 1.165) is 0 Å². The molecule has 0 amide bonds. The van der Waals surface area contributed by atoms with Crippen LogP contribution in [0.3, 0.4) is 0 Å². The maximum absolute atomic E-state index is 3.91. The average Bonchev–Trinajstić information content (AvgIpc) is 3.24. The van der Waals surface area contributed by atoms with Gasteiger partial charge in [-0.05, 0) is 0 Å². The molecule has 3 aromatic carbocycles. The van der Waals surface area contributed by atoms with Crippen molar-refractivity contribution in [1.82, 2.24) is 0 Å². The van der Waals surface area contributed by atoms with Crippen LogP contribution in [0.4, 0.5) is 0 Å². The number of hydrogen-bond donors (Lipinski definition) is 0. The molecule has 0 fully saturated rings. The van der Waals surface area contributed by atoms with Crippen LogP contribution < -0.4 is 0 Å². The normalized spacial score (nSPS) is 8.57. The van der Waals surface area contributed by atoms with E-state index >= 15 is 0 Å². The van der Waals surface area contributed by atoms with Gasteiger partial charge in [-0.2, -0.15) is 36.4 Å². The summed E-state index contributed by atoms with van der Waals surface area (Å²) >= 11 is 0. The Labute approximate surface area is 208 Å². The van der Waals surface area contributed by atoms with Gasteiger partial charge < -0.3 is 43.4 Å². The quantitative estimate of drug-likeness (QED) is 0.201. The molecule has 0 saturated carbocycles. The topological polar surface area (TPSA) is 0 Å². The van der Waals surface area contributed by atoms with Crippen molar-refractivity contribution < 1.29 is 50.3 Å². The predicted molar refractivity (Wildman–Crippen MR) is 124 cm³/mol. The maximum atomic E-state index is 3.91. The van der Waals surface area contributed by atoms with Crippen molar-refractivity contribution in [3.8, 4) is 0 Å². The summed E-state index contributed by atoms with van der Waals surface area (Å²) in [5, 5.41) is 0. The van der Waals surface area contributed by atoms with Crippen LogP contribution in [-0.4, -0.2) is 16.1 Å². The summed E-state index contributed by atoms with van der Waals surface area (Å²) in [6, 6.07) is 30.0. The molecule has 0 aliphatic rings. The van der Waals surface area contributed by atoms with Crippen molar-refractivity contribution in [2.75, 3.05) is 0 Å². The molecule has 0 aromatic heterocycles. The zero-order valence-electron chi connectivity index (χ0n) is 18.1. The summed E-state index contributed by atoms with van der Waals surface area (Å²) in [5.41, 5.74) is 0. The molecule has 0 atom stereocenters. The summed E-state index contributed by atoms with van der Waals surface area (Å²) in [4.78, 5) is 0. The van der Waals surface area contributed by atoms with Gasteiger partial charge in [-0.1, -0.05) is 39.3 Å². The molecule has 0 unspecified atom stereocenters. The molecule has 5 heteroatoms. The molecule has 0 bridgehead atoms. The molecule has 0 N–H and O–H groups in total. The minimum Gasteiger partial charge on any atom is -0.748 e. The zero-order chi connectivity index (χ0) is 19.6. The van der Waals surface area contributed by atoms with Gasteiger partial charge in [0.25, 0.3) is 0 Å². The molecule has 0 aliphatic carbocycles. The first-order valence-corrected chi connectivity index (χ1v) is 16.1. The molecule has 0 aliphatic heterocycles. The Morgan fingerprint density at radius 1 is 0.464 bits per heavy atom. The van der Waals surface area contributed by atoms with Gasteiger partial charge in [0, 0.05) is 50.3 Å². The second-order valence-corrected chi connectivity index (χ2v) is 18.3. The Kier molecular flexibility index (Phi) is 34.5. The van der Waals surface area contributed by atoms with E-state index in [4.69, 9.17) is 0 Å². The van der Waals surface area contributed by atoms with Crippen molar-refractivity contribution in [1.29, 1.82) is 0 Å². The third-order valence-corrected chi connectivity index (χ3v) is 1.67. The van der Waals surface area contributed by atoms with Crippen LogP contribution in [0.5, 0.6) is 0 Å². The van der Waals surface area contributed by atoms with Crippen LogP contribution >= 0.6 is 0 Å². The minimum absolute atomic E-state index is 0. The van der Waals surface area contributed by atoms with E-state index in [1.54, 1.807) is 0 Å². The fourth-order valence-electron chi connectivity index (χ4n) is 0.962. The predicted octanol–water partition coefficient (Wildman–Crippen LogP) is 7.60. The van der Waals surface area contributed by atoms with E-state index in [9.17, 15) is 0 Å². The molecule has 0 nitrogen and oxygen atoms in total. The van der Waals surface area contributed by atoms with Crippen molar-refractivity contribution in [2.24, 2.45) is 0 Å². The van der Waals surface area contributed by atoms with Crippen LogP contribution in [0.25, 0.3) is 0 Å². The molecule has 3 rings (SSSR count). The van der Waals surface area contributed by atoms with Crippen LogP contribution in [-0.2, 0) is 50.3 Å². The van der Waals surface area contributed by atoms with Crippen LogP contribution in [0.2, 0.25) is 39.3 Å². The standard InChI is InChI=1S/3C5H5.2C4H11Si.3Co/c3*1-2-4-5-3-1;2*1-5(2,3)4;;;/h3*1-5H;2*1H2,2-4H3;;;/q-5;4*-1;;;. The first-order valence-electron chi connectivity index (χ1n) is 8.71. The van der Waals surface area contributed by atoms with Gasteiger partial charge >= 0.3 is 0 Å². The van der Waals surface area contributed by atoms with Crippen molar-refractivity contribution in [2.45, 2.75) is 39.3 Å². The van der Waals surface area contributed by atoms with Crippen LogP contribution in [0.1, 0.15) is 0 Å². The van der Waals surface area contributed by atoms with Crippen LogP contribution in [0, 0.1) is 13.1 Å². The Bertz CT molecular complexity index is 379. The van der Waals surface area contributed by atoms with Gasteiger partial charge in [0.15, 0.2) is 0 Å². The summed E-state index contributed by atoms with van der Waals surface area (Å²) in [7, 11) is -1.72. The van der Waals surface area contributed by atoms with Gasteiger partial charge in [-0.3, -0.25) is 0 Å². The number of hydrogen-bond acceptors (Lipinski definition) is 0. The minimum atomic E-state index is -0.861. The van der Waals surface area contributed by atoms with E-state index in [-0.39, 0.29) is 50.3 Å². The summed E-state index contributed by atoms with van der Waals surface area (Å²) in [5.74, 6) is 0.